The number of para-hydroxylation sites is 1. The first-order valence-corrected chi connectivity index (χ1v) is 5.41. The summed E-state index contributed by atoms with van der Waals surface area (Å²) < 4.78 is 0. The Morgan fingerprint density at radius 2 is 1.75 bits per heavy atom. The minimum atomic E-state index is 0.321. The van der Waals surface area contributed by atoms with Crippen LogP contribution in [0.15, 0.2) is 36.4 Å². The Kier molecular flexibility index (Phi) is 3.27. The highest BCUT2D eigenvalue weighted by Crippen LogP contribution is 2.29. The van der Waals surface area contributed by atoms with Gasteiger partial charge in [-0.2, -0.15) is 0 Å². The van der Waals surface area contributed by atoms with Crippen molar-refractivity contribution in [1.29, 1.82) is 0 Å². The average molecular weight is 254 g/mol. The van der Waals surface area contributed by atoms with E-state index in [4.69, 9.17) is 23.2 Å². The molecule has 0 aliphatic rings. The van der Waals surface area contributed by atoms with E-state index in [9.17, 15) is 0 Å². The van der Waals surface area contributed by atoms with Gasteiger partial charge in [-0.25, -0.2) is 0 Å². The summed E-state index contributed by atoms with van der Waals surface area (Å²) in [5.74, 6) is 0. The van der Waals surface area contributed by atoms with E-state index in [1.54, 1.807) is 6.07 Å². The lowest BCUT2D eigenvalue weighted by Gasteiger charge is -2.19. The molecule has 1 aromatic carbocycles. The van der Waals surface area contributed by atoms with Gasteiger partial charge < -0.3 is 4.90 Å². The van der Waals surface area contributed by atoms with E-state index >= 15 is 0 Å². The van der Waals surface area contributed by atoms with Crippen molar-refractivity contribution in [2.45, 2.75) is 0 Å². The molecule has 3 nitrogen and oxygen atoms in total. The first-order chi connectivity index (χ1) is 7.68. The quantitative estimate of drug-likeness (QED) is 0.820. The Labute approximate surface area is 104 Å². The van der Waals surface area contributed by atoms with Crippen molar-refractivity contribution in [2.24, 2.45) is 0 Å². The van der Waals surface area contributed by atoms with Gasteiger partial charge >= 0.3 is 0 Å². The third-order valence-corrected chi connectivity index (χ3v) is 2.66. The number of nitrogens with zero attached hydrogens (tertiary/aromatic N) is 3. The van der Waals surface area contributed by atoms with Crippen molar-refractivity contribution in [3.63, 3.8) is 0 Å². The van der Waals surface area contributed by atoms with Crippen LogP contribution in [0.3, 0.4) is 0 Å². The van der Waals surface area contributed by atoms with Gasteiger partial charge in [0.25, 0.3) is 0 Å². The van der Waals surface area contributed by atoms with Crippen molar-refractivity contribution < 1.29 is 0 Å². The molecule has 5 heteroatoms. The van der Waals surface area contributed by atoms with Gasteiger partial charge in [0, 0.05) is 18.8 Å². The zero-order chi connectivity index (χ0) is 11.5. The summed E-state index contributed by atoms with van der Waals surface area (Å²) in [7, 11) is 1.90. The zero-order valence-electron chi connectivity index (χ0n) is 8.56. The van der Waals surface area contributed by atoms with E-state index in [1.807, 2.05) is 42.3 Å². The second-order valence-electron chi connectivity index (χ2n) is 3.24. The molecule has 1 heterocycles. The fourth-order valence-electron chi connectivity index (χ4n) is 1.37. The second-order valence-corrected chi connectivity index (χ2v) is 3.98. The van der Waals surface area contributed by atoms with Gasteiger partial charge in [0.05, 0.1) is 5.69 Å². The normalized spacial score (nSPS) is 10.2. The summed E-state index contributed by atoms with van der Waals surface area (Å²) >= 11 is 11.8. The Balaban J connectivity index is 2.41. The predicted octanol–water partition coefficient (Wildman–Crippen LogP) is 3.55. The molecule has 0 atom stereocenters. The molecule has 1 aromatic heterocycles. The van der Waals surface area contributed by atoms with Gasteiger partial charge in [0.15, 0.2) is 10.3 Å². The number of benzene rings is 1. The largest absolute Gasteiger partial charge is 0.342 e. The van der Waals surface area contributed by atoms with Crippen LogP contribution in [0.2, 0.25) is 10.3 Å². The van der Waals surface area contributed by atoms with Crippen LogP contribution in [0, 0.1) is 0 Å². The Morgan fingerprint density at radius 3 is 2.44 bits per heavy atom. The monoisotopic (exact) mass is 253 g/mol. The number of halogens is 2. The number of rotatable bonds is 2. The molecule has 0 N–H and O–H groups in total. The molecule has 0 saturated carbocycles. The molecular formula is C11H9Cl2N3. The van der Waals surface area contributed by atoms with Crippen molar-refractivity contribution in [2.75, 3.05) is 11.9 Å². The second kappa shape index (κ2) is 4.68. The summed E-state index contributed by atoms with van der Waals surface area (Å²) in [5.41, 5.74) is 1.74. The fourth-order valence-corrected chi connectivity index (χ4v) is 1.73. The fraction of sp³-hybridized carbons (Fsp3) is 0.0909. The molecule has 0 bridgehead atoms. The standard InChI is InChI=1S/C11H9Cl2N3/c1-16(8-5-3-2-4-6-8)9-7-10(12)14-15-11(9)13/h2-7H,1H3. The number of hydrogen-bond donors (Lipinski definition) is 0. The molecule has 0 aliphatic carbocycles. The van der Waals surface area contributed by atoms with Gasteiger partial charge in [-0.1, -0.05) is 41.4 Å². The average Bonchev–Trinajstić information content (AvgIpc) is 2.32. The first kappa shape index (κ1) is 11.2. The molecule has 16 heavy (non-hydrogen) atoms. The highest BCUT2D eigenvalue weighted by atomic mass is 35.5. The molecule has 0 saturated heterocycles. The Bertz CT molecular complexity index is 488. The molecule has 0 radical (unpaired) electrons. The van der Waals surface area contributed by atoms with E-state index in [-0.39, 0.29) is 0 Å². The number of hydrogen-bond acceptors (Lipinski definition) is 3. The molecular weight excluding hydrogens is 245 g/mol. The minimum Gasteiger partial charge on any atom is -0.342 e. The molecule has 0 spiro atoms. The van der Waals surface area contributed by atoms with Crippen LogP contribution in [-0.4, -0.2) is 17.2 Å². The summed E-state index contributed by atoms with van der Waals surface area (Å²) in [6.45, 7) is 0. The van der Waals surface area contributed by atoms with E-state index in [0.29, 0.717) is 10.3 Å². The maximum atomic E-state index is 5.97. The molecule has 0 unspecified atom stereocenters. The molecule has 0 fully saturated rings. The summed E-state index contributed by atoms with van der Waals surface area (Å²) in [6.07, 6.45) is 0. The highest BCUT2D eigenvalue weighted by Gasteiger charge is 2.10. The number of aromatic nitrogens is 2. The lowest BCUT2D eigenvalue weighted by atomic mass is 10.3. The van der Waals surface area contributed by atoms with E-state index in [1.165, 1.54) is 0 Å². The molecule has 2 aromatic rings. The zero-order valence-corrected chi connectivity index (χ0v) is 10.1. The van der Waals surface area contributed by atoms with Crippen molar-refractivity contribution in [1.82, 2.24) is 10.2 Å². The summed E-state index contributed by atoms with van der Waals surface area (Å²) in [6, 6.07) is 11.5. The highest BCUT2D eigenvalue weighted by molar-refractivity contribution is 6.33. The summed E-state index contributed by atoms with van der Waals surface area (Å²) in [5, 5.41) is 8.09. The SMILES string of the molecule is CN(c1ccccc1)c1cc(Cl)nnc1Cl. The minimum absolute atomic E-state index is 0.321. The van der Waals surface area contributed by atoms with Crippen LogP contribution in [0.25, 0.3) is 0 Å². The van der Waals surface area contributed by atoms with Crippen LogP contribution < -0.4 is 4.90 Å². The van der Waals surface area contributed by atoms with Crippen molar-refractivity contribution in [3.8, 4) is 0 Å². The third kappa shape index (κ3) is 2.26. The van der Waals surface area contributed by atoms with Gasteiger partial charge in [0.1, 0.15) is 0 Å². The first-order valence-electron chi connectivity index (χ1n) is 4.66. The lowest BCUT2D eigenvalue weighted by molar-refractivity contribution is 1.02. The maximum Gasteiger partial charge on any atom is 0.175 e. The Morgan fingerprint density at radius 1 is 1.06 bits per heavy atom. The van der Waals surface area contributed by atoms with Crippen molar-refractivity contribution in [3.05, 3.63) is 46.7 Å². The Hall–Kier alpha value is -1.32. The topological polar surface area (TPSA) is 29.0 Å². The van der Waals surface area contributed by atoms with E-state index in [0.717, 1.165) is 11.4 Å². The predicted molar refractivity (Wildman–Crippen MR) is 66.6 cm³/mol. The van der Waals surface area contributed by atoms with Crippen LogP contribution >= 0.6 is 23.2 Å². The third-order valence-electron chi connectivity index (χ3n) is 2.21. The maximum absolute atomic E-state index is 5.97. The lowest BCUT2D eigenvalue weighted by Crippen LogP contribution is -2.10. The molecule has 82 valence electrons. The van der Waals surface area contributed by atoms with E-state index in [2.05, 4.69) is 10.2 Å². The molecule has 2 rings (SSSR count). The van der Waals surface area contributed by atoms with Gasteiger partial charge in [-0.3, -0.25) is 0 Å². The smallest absolute Gasteiger partial charge is 0.175 e. The van der Waals surface area contributed by atoms with Gasteiger partial charge in [-0.15, -0.1) is 10.2 Å². The van der Waals surface area contributed by atoms with Crippen LogP contribution in [0.5, 0.6) is 0 Å². The van der Waals surface area contributed by atoms with Gasteiger partial charge in [0.2, 0.25) is 0 Å². The van der Waals surface area contributed by atoms with Crippen LogP contribution in [0.1, 0.15) is 0 Å². The van der Waals surface area contributed by atoms with Crippen LogP contribution in [-0.2, 0) is 0 Å². The van der Waals surface area contributed by atoms with Crippen molar-refractivity contribution >= 4 is 34.6 Å². The number of anilines is 2. The summed E-state index contributed by atoms with van der Waals surface area (Å²) in [4.78, 5) is 1.91. The molecule has 0 aliphatic heterocycles. The van der Waals surface area contributed by atoms with Gasteiger partial charge in [-0.05, 0) is 12.1 Å². The van der Waals surface area contributed by atoms with E-state index < -0.39 is 0 Å². The van der Waals surface area contributed by atoms with Crippen LogP contribution in [0.4, 0.5) is 11.4 Å². The molecule has 0 amide bonds.